The highest BCUT2D eigenvalue weighted by molar-refractivity contribution is 6.73. The zero-order chi connectivity index (χ0) is 33.2. The third-order valence-electron chi connectivity index (χ3n) is 11.0. The molecule has 0 N–H and O–H groups in total. The smallest absolute Gasteiger partial charge is 0.257 e. The molecule has 2 fully saturated rings. The van der Waals surface area contributed by atoms with Gasteiger partial charge in [0.25, 0.3) is 5.56 Å². The molecule has 0 radical (unpaired) electrons. The molecule has 2 aliphatic rings. The molecular formula is C39H50N4O3Si. The molecule has 2 aliphatic carbocycles. The average molecular weight is 651 g/mol. The Labute approximate surface area is 280 Å². The third kappa shape index (κ3) is 6.63. The van der Waals surface area contributed by atoms with Gasteiger partial charge in [0.1, 0.15) is 5.65 Å². The third-order valence-corrected chi connectivity index (χ3v) is 15.8. The van der Waals surface area contributed by atoms with Gasteiger partial charge in [-0.1, -0.05) is 76.6 Å². The van der Waals surface area contributed by atoms with E-state index in [1.807, 2.05) is 45.6 Å². The molecule has 2 aromatic carbocycles. The molecule has 4 aromatic rings. The second-order valence-corrected chi connectivity index (χ2v) is 18.6. The van der Waals surface area contributed by atoms with E-state index in [-0.39, 0.29) is 29.4 Å². The molecule has 8 heteroatoms. The number of benzene rings is 2. The van der Waals surface area contributed by atoms with E-state index in [1.165, 1.54) is 0 Å². The molecule has 248 valence electrons. The highest BCUT2D eigenvalue weighted by Crippen LogP contribution is 2.48. The number of aromatic nitrogens is 3. The topological polar surface area (TPSA) is 81.5 Å². The van der Waals surface area contributed by atoms with Crippen LogP contribution in [0.3, 0.4) is 0 Å². The van der Waals surface area contributed by atoms with E-state index < -0.39 is 8.32 Å². The summed E-state index contributed by atoms with van der Waals surface area (Å²) in [5.41, 5.74) is 6.34. The van der Waals surface area contributed by atoms with E-state index in [4.69, 9.17) is 14.3 Å². The van der Waals surface area contributed by atoms with Crippen LogP contribution in [-0.4, -0.2) is 40.3 Å². The van der Waals surface area contributed by atoms with Crippen LogP contribution in [0.15, 0.2) is 65.6 Å². The zero-order valence-electron chi connectivity index (χ0n) is 28.8. The van der Waals surface area contributed by atoms with Crippen molar-refractivity contribution in [2.75, 3.05) is 0 Å². The summed E-state index contributed by atoms with van der Waals surface area (Å²) < 4.78 is 17.6. The molecule has 0 amide bonds. The van der Waals surface area contributed by atoms with Gasteiger partial charge in [-0.25, -0.2) is 4.52 Å². The van der Waals surface area contributed by atoms with Crippen LogP contribution in [0, 0.1) is 11.3 Å². The van der Waals surface area contributed by atoms with Crippen LogP contribution in [-0.2, 0) is 22.0 Å². The van der Waals surface area contributed by atoms with Gasteiger partial charge in [0.05, 0.1) is 41.3 Å². The summed E-state index contributed by atoms with van der Waals surface area (Å²) in [6.45, 7) is 11.3. The Balaban J connectivity index is 1.21. The number of rotatable bonds is 13. The van der Waals surface area contributed by atoms with Gasteiger partial charge in [-0.05, 0) is 79.9 Å². The largest absolute Gasteiger partial charge is 0.409 e. The summed E-state index contributed by atoms with van der Waals surface area (Å²) in [5, 5.41) is 14.3. The Bertz CT molecular complexity index is 1790. The van der Waals surface area contributed by atoms with E-state index >= 15 is 0 Å². The van der Waals surface area contributed by atoms with E-state index in [1.54, 1.807) is 0 Å². The molecule has 2 unspecified atom stereocenters. The van der Waals surface area contributed by atoms with E-state index in [0.29, 0.717) is 12.0 Å². The summed E-state index contributed by atoms with van der Waals surface area (Å²) in [7, 11) is -1.68. The summed E-state index contributed by atoms with van der Waals surface area (Å²) in [4.78, 5) is 14.5. The SMILES string of the molecule is CCCc1c(Cc2ccc(-c3ccccc3C#N)cc2)c(=O)n([C@H]2CC[C@H](OC3CC3(C)O[Si](CC)(CC)CC)CC2)c2ccnn12. The Morgan fingerprint density at radius 3 is 2.34 bits per heavy atom. The van der Waals surface area contributed by atoms with Crippen LogP contribution < -0.4 is 5.56 Å². The molecule has 0 saturated heterocycles. The highest BCUT2D eigenvalue weighted by Gasteiger charge is 2.56. The van der Waals surface area contributed by atoms with Crippen molar-refractivity contribution in [2.45, 2.75) is 128 Å². The molecule has 2 aromatic heterocycles. The van der Waals surface area contributed by atoms with Gasteiger partial charge in [0, 0.05) is 30.5 Å². The second kappa shape index (κ2) is 13.9. The van der Waals surface area contributed by atoms with Crippen LogP contribution in [0.2, 0.25) is 18.1 Å². The fraction of sp³-hybridized carbons (Fsp3) is 0.513. The number of fused-ring (bicyclic) bond motifs is 1. The Morgan fingerprint density at radius 2 is 1.68 bits per heavy atom. The maximum atomic E-state index is 14.5. The zero-order valence-corrected chi connectivity index (χ0v) is 29.8. The molecular weight excluding hydrogens is 601 g/mol. The van der Waals surface area contributed by atoms with Crippen molar-refractivity contribution in [1.82, 2.24) is 14.2 Å². The fourth-order valence-electron chi connectivity index (χ4n) is 7.79. The Morgan fingerprint density at radius 1 is 0.979 bits per heavy atom. The minimum atomic E-state index is -1.68. The minimum Gasteiger partial charge on any atom is -0.409 e. The molecule has 6 rings (SSSR count). The first kappa shape index (κ1) is 33.4. The molecule has 7 nitrogen and oxygen atoms in total. The average Bonchev–Trinajstić information content (AvgIpc) is 3.46. The maximum absolute atomic E-state index is 14.5. The monoisotopic (exact) mass is 650 g/mol. The van der Waals surface area contributed by atoms with Gasteiger partial charge in [-0.3, -0.25) is 9.36 Å². The van der Waals surface area contributed by atoms with Gasteiger partial charge < -0.3 is 9.16 Å². The van der Waals surface area contributed by atoms with Crippen molar-refractivity contribution in [3.8, 4) is 17.2 Å². The van der Waals surface area contributed by atoms with Crippen molar-refractivity contribution >= 4 is 14.0 Å². The highest BCUT2D eigenvalue weighted by atomic mass is 28.4. The minimum absolute atomic E-state index is 0.105. The summed E-state index contributed by atoms with van der Waals surface area (Å²) >= 11 is 0. The van der Waals surface area contributed by atoms with Crippen molar-refractivity contribution in [1.29, 1.82) is 5.26 Å². The van der Waals surface area contributed by atoms with Crippen molar-refractivity contribution in [3.63, 3.8) is 0 Å². The standard InChI is InChI=1S/C39H50N4O3Si/c1-6-12-35-34(25-28-15-17-29(18-16-28)33-14-11-10-13-30(33)27-40)38(44)42(37-23-24-41-43(35)37)31-19-21-32(22-20-31)45-36-26-39(36,5)46-47(7-2,8-3)9-4/h10-11,13-18,23-24,31-32,36H,6-9,12,19-22,25-26H2,1-5H3/t31-,32-,36?,39?. The lowest BCUT2D eigenvalue weighted by molar-refractivity contribution is -0.0240. The number of ether oxygens (including phenoxy) is 1. The summed E-state index contributed by atoms with van der Waals surface area (Å²) in [5.74, 6) is 0. The Kier molecular flexibility index (Phi) is 9.89. The van der Waals surface area contributed by atoms with E-state index in [2.05, 4.69) is 65.0 Å². The number of hydrogen-bond donors (Lipinski definition) is 0. The predicted molar refractivity (Wildman–Crippen MR) is 190 cm³/mol. The van der Waals surface area contributed by atoms with Crippen LogP contribution in [0.4, 0.5) is 0 Å². The van der Waals surface area contributed by atoms with Crippen LogP contribution in [0.1, 0.15) is 102 Å². The van der Waals surface area contributed by atoms with Gasteiger partial charge in [0.15, 0.2) is 8.32 Å². The Hall–Kier alpha value is -3.51. The first-order valence-corrected chi connectivity index (χ1v) is 20.4. The molecule has 47 heavy (non-hydrogen) atoms. The first-order chi connectivity index (χ1) is 22.8. The number of nitrogens with zero attached hydrogens (tertiary/aromatic N) is 4. The lowest BCUT2D eigenvalue weighted by Gasteiger charge is -2.34. The molecule has 0 spiro atoms. The first-order valence-electron chi connectivity index (χ1n) is 17.8. The van der Waals surface area contributed by atoms with E-state index in [0.717, 1.165) is 96.7 Å². The molecule has 2 heterocycles. The summed E-state index contributed by atoms with van der Waals surface area (Å²) in [6, 6.07) is 23.8. The molecule has 2 saturated carbocycles. The van der Waals surface area contributed by atoms with Gasteiger partial charge in [0.2, 0.25) is 0 Å². The quantitative estimate of drug-likeness (QED) is 0.135. The van der Waals surface area contributed by atoms with Crippen LogP contribution in [0.25, 0.3) is 16.8 Å². The van der Waals surface area contributed by atoms with Crippen LogP contribution >= 0.6 is 0 Å². The maximum Gasteiger partial charge on any atom is 0.257 e. The lowest BCUT2D eigenvalue weighted by atomic mass is 9.92. The van der Waals surface area contributed by atoms with Crippen LogP contribution in [0.5, 0.6) is 0 Å². The lowest BCUT2D eigenvalue weighted by Crippen LogP contribution is -2.41. The number of hydrogen-bond acceptors (Lipinski definition) is 5. The predicted octanol–water partition coefficient (Wildman–Crippen LogP) is 8.63. The molecule has 2 atom stereocenters. The fourth-order valence-corrected chi connectivity index (χ4v) is 10.9. The van der Waals surface area contributed by atoms with E-state index in [9.17, 15) is 10.1 Å². The normalized spacial score (nSPS) is 22.8. The van der Waals surface area contributed by atoms with Gasteiger partial charge >= 0.3 is 0 Å². The molecule has 0 aliphatic heterocycles. The number of aryl methyl sites for hydroxylation is 1. The second-order valence-electron chi connectivity index (χ2n) is 13.9. The van der Waals surface area contributed by atoms with Crippen molar-refractivity contribution in [3.05, 3.63) is 93.5 Å². The van der Waals surface area contributed by atoms with Crippen molar-refractivity contribution in [2.24, 2.45) is 0 Å². The summed E-state index contributed by atoms with van der Waals surface area (Å²) in [6.07, 6.45) is 9.18. The van der Waals surface area contributed by atoms with Gasteiger partial charge in [-0.2, -0.15) is 10.4 Å². The number of nitriles is 1. The van der Waals surface area contributed by atoms with Gasteiger partial charge in [-0.15, -0.1) is 0 Å². The van der Waals surface area contributed by atoms with Crippen molar-refractivity contribution < 1.29 is 9.16 Å². The molecule has 0 bridgehead atoms.